The molecule has 0 radical (unpaired) electrons. The fourth-order valence-corrected chi connectivity index (χ4v) is 5.27. The number of piperidine rings is 3. The SMILES string of the molecule is O=C(N[C@H]1CN2CCC1CC2)c1ncc(Sc2ccccc2F)s1. The predicted octanol–water partition coefficient (Wildman–Crippen LogP) is 3.26. The van der Waals surface area contributed by atoms with Gasteiger partial charge in [0.05, 0.1) is 10.4 Å². The van der Waals surface area contributed by atoms with Crippen LogP contribution >= 0.6 is 23.1 Å². The highest BCUT2D eigenvalue weighted by atomic mass is 32.2. The lowest BCUT2D eigenvalue weighted by Crippen LogP contribution is -2.57. The lowest BCUT2D eigenvalue weighted by molar-refractivity contribution is 0.0620. The fraction of sp³-hybridized carbons (Fsp3) is 0.412. The summed E-state index contributed by atoms with van der Waals surface area (Å²) in [5, 5.41) is 3.59. The Bertz CT molecular complexity index is 743. The lowest BCUT2D eigenvalue weighted by atomic mass is 9.84. The molecule has 3 saturated heterocycles. The van der Waals surface area contributed by atoms with Crippen LogP contribution < -0.4 is 5.32 Å². The molecular formula is C17H18FN3OS2. The van der Waals surface area contributed by atoms with E-state index >= 15 is 0 Å². The van der Waals surface area contributed by atoms with Gasteiger partial charge in [-0.2, -0.15) is 0 Å². The minimum absolute atomic E-state index is 0.112. The standard InChI is InChI=1S/C17H18FN3OS2/c18-12-3-1-2-4-14(12)23-15-9-19-17(24-15)16(22)20-13-10-21-7-5-11(13)6-8-21/h1-4,9,11,13H,5-8,10H2,(H,20,22)/t13-/m0/s1. The van der Waals surface area contributed by atoms with Crippen LogP contribution in [0, 0.1) is 11.7 Å². The zero-order chi connectivity index (χ0) is 16.5. The quantitative estimate of drug-likeness (QED) is 0.906. The van der Waals surface area contributed by atoms with Crippen LogP contribution in [-0.2, 0) is 0 Å². The number of fused-ring (bicyclic) bond motifs is 3. The number of amides is 1. The summed E-state index contributed by atoms with van der Waals surface area (Å²) in [6, 6.07) is 6.86. The summed E-state index contributed by atoms with van der Waals surface area (Å²) >= 11 is 2.62. The molecule has 0 unspecified atom stereocenters. The number of hydrogen-bond acceptors (Lipinski definition) is 5. The van der Waals surface area contributed by atoms with Gasteiger partial charge in [-0.15, -0.1) is 11.3 Å². The van der Waals surface area contributed by atoms with Crippen molar-refractivity contribution in [1.82, 2.24) is 15.2 Å². The molecule has 3 aliphatic heterocycles. The van der Waals surface area contributed by atoms with Crippen LogP contribution in [0.25, 0.3) is 0 Å². The first-order valence-corrected chi connectivity index (χ1v) is 9.74. The van der Waals surface area contributed by atoms with E-state index in [2.05, 4.69) is 15.2 Å². The van der Waals surface area contributed by atoms with Gasteiger partial charge >= 0.3 is 0 Å². The summed E-state index contributed by atoms with van der Waals surface area (Å²) in [5.41, 5.74) is 0. The highest BCUT2D eigenvalue weighted by Crippen LogP contribution is 2.34. The van der Waals surface area contributed by atoms with E-state index in [0.717, 1.165) is 36.7 Å². The third kappa shape index (κ3) is 3.34. The highest BCUT2D eigenvalue weighted by Gasteiger charge is 2.35. The molecular weight excluding hydrogens is 345 g/mol. The maximum absolute atomic E-state index is 13.7. The van der Waals surface area contributed by atoms with Crippen LogP contribution in [0.1, 0.15) is 22.6 Å². The van der Waals surface area contributed by atoms with Gasteiger partial charge in [0.15, 0.2) is 5.01 Å². The Hall–Kier alpha value is -1.44. The summed E-state index contributed by atoms with van der Waals surface area (Å²) in [6.45, 7) is 3.24. The summed E-state index contributed by atoms with van der Waals surface area (Å²) in [6.07, 6.45) is 3.97. The van der Waals surface area contributed by atoms with E-state index in [0.29, 0.717) is 15.8 Å². The molecule has 4 nitrogen and oxygen atoms in total. The molecule has 2 aromatic rings. The molecule has 3 aliphatic rings. The topological polar surface area (TPSA) is 45.2 Å². The fourth-order valence-electron chi connectivity index (χ4n) is 3.41. The number of rotatable bonds is 4. The first-order valence-electron chi connectivity index (χ1n) is 8.10. The van der Waals surface area contributed by atoms with E-state index in [4.69, 9.17) is 0 Å². The third-order valence-corrected chi connectivity index (χ3v) is 6.85. The number of carbonyl (C=O) groups is 1. The van der Waals surface area contributed by atoms with Crippen molar-refractivity contribution in [2.24, 2.45) is 5.92 Å². The molecule has 1 aromatic heterocycles. The second-order valence-corrected chi connectivity index (χ2v) is 8.61. The minimum atomic E-state index is -0.255. The molecule has 0 aliphatic carbocycles. The number of carbonyl (C=O) groups excluding carboxylic acids is 1. The van der Waals surface area contributed by atoms with Crippen molar-refractivity contribution >= 4 is 29.0 Å². The number of nitrogens with one attached hydrogen (secondary N) is 1. The van der Waals surface area contributed by atoms with E-state index in [1.165, 1.54) is 29.2 Å². The van der Waals surface area contributed by atoms with Gasteiger partial charge in [-0.3, -0.25) is 4.79 Å². The summed E-state index contributed by atoms with van der Waals surface area (Å²) < 4.78 is 14.5. The van der Waals surface area contributed by atoms with E-state index in [-0.39, 0.29) is 17.8 Å². The molecule has 5 rings (SSSR count). The van der Waals surface area contributed by atoms with E-state index < -0.39 is 0 Å². The average Bonchev–Trinajstić information content (AvgIpc) is 3.07. The molecule has 3 fully saturated rings. The van der Waals surface area contributed by atoms with Crippen LogP contribution in [0.5, 0.6) is 0 Å². The third-order valence-electron chi connectivity index (χ3n) is 4.70. The first-order chi connectivity index (χ1) is 11.7. The van der Waals surface area contributed by atoms with Crippen molar-refractivity contribution in [2.45, 2.75) is 28.0 Å². The number of benzene rings is 1. The maximum atomic E-state index is 13.7. The number of halogens is 1. The normalized spacial score (nSPS) is 25.6. The molecule has 1 N–H and O–H groups in total. The van der Waals surface area contributed by atoms with Gasteiger partial charge in [-0.05, 0) is 44.0 Å². The smallest absolute Gasteiger partial charge is 0.280 e. The number of thiazole rings is 1. The van der Waals surface area contributed by atoms with Crippen LogP contribution in [-0.4, -0.2) is 41.5 Å². The molecule has 24 heavy (non-hydrogen) atoms. The molecule has 1 aromatic carbocycles. The zero-order valence-corrected chi connectivity index (χ0v) is 14.7. The monoisotopic (exact) mass is 363 g/mol. The Balaban J connectivity index is 1.41. The highest BCUT2D eigenvalue weighted by molar-refractivity contribution is 8.01. The van der Waals surface area contributed by atoms with Gasteiger partial charge in [0.2, 0.25) is 0 Å². The van der Waals surface area contributed by atoms with E-state index in [9.17, 15) is 9.18 Å². The Morgan fingerprint density at radius 3 is 2.83 bits per heavy atom. The maximum Gasteiger partial charge on any atom is 0.280 e. The Morgan fingerprint density at radius 2 is 2.12 bits per heavy atom. The largest absolute Gasteiger partial charge is 0.346 e. The zero-order valence-electron chi connectivity index (χ0n) is 13.1. The van der Waals surface area contributed by atoms with Crippen molar-refractivity contribution in [2.75, 3.05) is 19.6 Å². The molecule has 1 amide bonds. The van der Waals surface area contributed by atoms with Crippen LogP contribution in [0.4, 0.5) is 4.39 Å². The molecule has 7 heteroatoms. The molecule has 0 saturated carbocycles. The van der Waals surface area contributed by atoms with Gasteiger partial charge in [0.1, 0.15) is 5.82 Å². The lowest BCUT2D eigenvalue weighted by Gasteiger charge is -2.44. The summed E-state index contributed by atoms with van der Waals surface area (Å²) in [4.78, 5) is 19.6. The Labute approximate surface area is 148 Å². The van der Waals surface area contributed by atoms with Gasteiger partial charge in [0.25, 0.3) is 5.91 Å². The molecule has 1 atom stereocenters. The van der Waals surface area contributed by atoms with Crippen LogP contribution in [0.3, 0.4) is 0 Å². The van der Waals surface area contributed by atoms with Crippen LogP contribution in [0.15, 0.2) is 39.6 Å². The Morgan fingerprint density at radius 1 is 1.33 bits per heavy atom. The molecule has 126 valence electrons. The summed E-state index contributed by atoms with van der Waals surface area (Å²) in [5.74, 6) is 0.222. The number of aromatic nitrogens is 1. The number of nitrogens with zero attached hydrogens (tertiary/aromatic N) is 2. The van der Waals surface area contributed by atoms with Gasteiger partial charge < -0.3 is 10.2 Å². The predicted molar refractivity (Wildman–Crippen MR) is 93.1 cm³/mol. The Kier molecular flexibility index (Phi) is 4.56. The second-order valence-electron chi connectivity index (χ2n) is 6.23. The van der Waals surface area contributed by atoms with Gasteiger partial charge in [-0.1, -0.05) is 23.9 Å². The minimum Gasteiger partial charge on any atom is -0.346 e. The van der Waals surface area contributed by atoms with Crippen molar-refractivity contribution in [3.8, 4) is 0 Å². The van der Waals surface area contributed by atoms with Crippen molar-refractivity contribution in [1.29, 1.82) is 0 Å². The molecule has 2 bridgehead atoms. The van der Waals surface area contributed by atoms with Gasteiger partial charge in [0, 0.05) is 17.5 Å². The van der Waals surface area contributed by atoms with Crippen molar-refractivity contribution < 1.29 is 9.18 Å². The van der Waals surface area contributed by atoms with Crippen LogP contribution in [0.2, 0.25) is 0 Å². The summed E-state index contributed by atoms with van der Waals surface area (Å²) in [7, 11) is 0. The number of hydrogen-bond donors (Lipinski definition) is 1. The van der Waals surface area contributed by atoms with Crippen molar-refractivity contribution in [3.05, 3.63) is 41.3 Å². The van der Waals surface area contributed by atoms with E-state index in [1.807, 2.05) is 0 Å². The molecule has 0 spiro atoms. The van der Waals surface area contributed by atoms with E-state index in [1.54, 1.807) is 24.4 Å². The first kappa shape index (κ1) is 16.1. The second kappa shape index (κ2) is 6.82. The van der Waals surface area contributed by atoms with Gasteiger partial charge in [-0.25, -0.2) is 9.37 Å². The molecule has 4 heterocycles. The van der Waals surface area contributed by atoms with Crippen molar-refractivity contribution in [3.63, 3.8) is 0 Å². The average molecular weight is 363 g/mol.